The van der Waals surface area contributed by atoms with E-state index in [9.17, 15) is 0 Å². The summed E-state index contributed by atoms with van der Waals surface area (Å²) in [7, 11) is 5.57. The maximum atomic E-state index is 5.16. The average molecular weight is 255 g/mol. The topological polar surface area (TPSA) is 37.7 Å². The van der Waals surface area contributed by atoms with Crippen LogP contribution >= 0.6 is 0 Å². The number of ether oxygens (including phenoxy) is 1. The highest BCUT2D eigenvalue weighted by Crippen LogP contribution is 2.19. The van der Waals surface area contributed by atoms with Crippen LogP contribution in [-0.4, -0.2) is 32.4 Å². The molecule has 1 aromatic carbocycles. The van der Waals surface area contributed by atoms with Gasteiger partial charge in [-0.05, 0) is 24.3 Å². The molecule has 4 nitrogen and oxygen atoms in total. The molecule has 0 aliphatic heterocycles. The Morgan fingerprint density at radius 2 is 2.05 bits per heavy atom. The first-order chi connectivity index (χ1) is 9.19. The predicted molar refractivity (Wildman–Crippen MR) is 78.8 cm³/mol. The number of anilines is 1. The Labute approximate surface area is 113 Å². The van der Waals surface area contributed by atoms with Crippen molar-refractivity contribution in [3.8, 4) is 5.75 Å². The van der Waals surface area contributed by atoms with E-state index < -0.39 is 0 Å². The molecule has 0 fully saturated rings. The van der Waals surface area contributed by atoms with Crippen LogP contribution in [0.5, 0.6) is 5.75 Å². The third-order valence-electron chi connectivity index (χ3n) is 2.64. The molecule has 0 radical (unpaired) electrons. The summed E-state index contributed by atoms with van der Waals surface area (Å²) in [4.78, 5) is 10.7. The SMILES string of the molecule is COc1cccc(N=Cc2ccc(N(C)C)nc2)c1. The molecule has 0 N–H and O–H groups in total. The van der Waals surface area contributed by atoms with Crippen LogP contribution in [0.4, 0.5) is 11.5 Å². The van der Waals surface area contributed by atoms with Crippen LogP contribution in [0.15, 0.2) is 47.6 Å². The van der Waals surface area contributed by atoms with Crippen LogP contribution in [-0.2, 0) is 0 Å². The van der Waals surface area contributed by atoms with Gasteiger partial charge in [-0.15, -0.1) is 0 Å². The first kappa shape index (κ1) is 13.1. The minimum atomic E-state index is 0.802. The first-order valence-electron chi connectivity index (χ1n) is 6.00. The molecular weight excluding hydrogens is 238 g/mol. The lowest BCUT2D eigenvalue weighted by Crippen LogP contribution is -2.10. The molecule has 19 heavy (non-hydrogen) atoms. The molecule has 0 atom stereocenters. The van der Waals surface area contributed by atoms with Crippen molar-refractivity contribution in [1.29, 1.82) is 0 Å². The number of hydrogen-bond donors (Lipinski definition) is 0. The third kappa shape index (κ3) is 3.55. The lowest BCUT2D eigenvalue weighted by Gasteiger charge is -2.10. The highest BCUT2D eigenvalue weighted by molar-refractivity contribution is 5.81. The van der Waals surface area contributed by atoms with Gasteiger partial charge in [0.15, 0.2) is 0 Å². The molecule has 0 unspecified atom stereocenters. The standard InChI is InChI=1S/C15H17N3O/c1-18(2)15-8-7-12(11-17-15)10-16-13-5-4-6-14(9-13)19-3/h4-11H,1-3H3. The molecule has 0 saturated carbocycles. The van der Waals surface area contributed by atoms with E-state index in [-0.39, 0.29) is 0 Å². The largest absolute Gasteiger partial charge is 0.497 e. The molecule has 2 rings (SSSR count). The van der Waals surface area contributed by atoms with E-state index >= 15 is 0 Å². The molecule has 1 heterocycles. The molecule has 98 valence electrons. The molecule has 0 saturated heterocycles. The van der Waals surface area contributed by atoms with E-state index in [1.165, 1.54) is 0 Å². The van der Waals surface area contributed by atoms with E-state index in [4.69, 9.17) is 4.74 Å². The molecular formula is C15H17N3O. The van der Waals surface area contributed by atoms with Gasteiger partial charge in [0.25, 0.3) is 0 Å². The Kier molecular flexibility index (Phi) is 4.13. The van der Waals surface area contributed by atoms with Gasteiger partial charge < -0.3 is 9.64 Å². The highest BCUT2D eigenvalue weighted by Gasteiger charge is 1.96. The van der Waals surface area contributed by atoms with Crippen molar-refractivity contribution in [3.05, 3.63) is 48.2 Å². The number of rotatable bonds is 4. The normalized spacial score (nSPS) is 10.7. The zero-order valence-electron chi connectivity index (χ0n) is 11.4. The van der Waals surface area contributed by atoms with Crippen LogP contribution in [0.2, 0.25) is 0 Å². The predicted octanol–water partition coefficient (Wildman–Crippen LogP) is 2.91. The maximum absolute atomic E-state index is 5.16. The summed E-state index contributed by atoms with van der Waals surface area (Å²) in [5.41, 5.74) is 1.82. The van der Waals surface area contributed by atoms with Crippen LogP contribution in [0.3, 0.4) is 0 Å². The fourth-order valence-corrected chi connectivity index (χ4v) is 1.58. The Balaban J connectivity index is 2.13. The second-order valence-corrected chi connectivity index (χ2v) is 4.30. The first-order valence-corrected chi connectivity index (χ1v) is 6.00. The summed E-state index contributed by atoms with van der Waals surface area (Å²) >= 11 is 0. The van der Waals surface area contributed by atoms with Crippen LogP contribution in [0.1, 0.15) is 5.56 Å². The van der Waals surface area contributed by atoms with Crippen LogP contribution < -0.4 is 9.64 Å². The molecule has 4 heteroatoms. The number of aromatic nitrogens is 1. The number of pyridine rings is 1. The van der Waals surface area contributed by atoms with Gasteiger partial charge in [-0.1, -0.05) is 6.07 Å². The van der Waals surface area contributed by atoms with Crippen molar-refractivity contribution in [1.82, 2.24) is 4.98 Å². The molecule has 2 aromatic rings. The highest BCUT2D eigenvalue weighted by atomic mass is 16.5. The summed E-state index contributed by atoms with van der Waals surface area (Å²) in [6.45, 7) is 0. The van der Waals surface area contributed by atoms with Gasteiger partial charge in [0, 0.05) is 38.1 Å². The summed E-state index contributed by atoms with van der Waals surface area (Å²) in [6.07, 6.45) is 3.60. The van der Waals surface area contributed by atoms with Gasteiger partial charge in [-0.25, -0.2) is 4.98 Å². The molecule has 0 aliphatic carbocycles. The minimum absolute atomic E-state index is 0.802. The zero-order chi connectivity index (χ0) is 13.7. The number of aliphatic imine (C=N–C) groups is 1. The van der Waals surface area contributed by atoms with Gasteiger partial charge in [-0.3, -0.25) is 4.99 Å². The molecule has 0 bridgehead atoms. The van der Waals surface area contributed by atoms with Gasteiger partial charge >= 0.3 is 0 Å². The van der Waals surface area contributed by atoms with Crippen LogP contribution in [0, 0.1) is 0 Å². The second-order valence-electron chi connectivity index (χ2n) is 4.30. The fraction of sp³-hybridized carbons (Fsp3) is 0.200. The van der Waals surface area contributed by atoms with E-state index in [2.05, 4.69) is 9.98 Å². The van der Waals surface area contributed by atoms with Crippen molar-refractivity contribution in [2.24, 2.45) is 4.99 Å². The van der Waals surface area contributed by atoms with Crippen molar-refractivity contribution < 1.29 is 4.74 Å². The van der Waals surface area contributed by atoms with Crippen LogP contribution in [0.25, 0.3) is 0 Å². The number of methoxy groups -OCH3 is 1. The Morgan fingerprint density at radius 3 is 2.68 bits per heavy atom. The summed E-state index contributed by atoms with van der Waals surface area (Å²) < 4.78 is 5.16. The molecule has 0 aliphatic rings. The number of nitrogens with zero attached hydrogens (tertiary/aromatic N) is 3. The fourth-order valence-electron chi connectivity index (χ4n) is 1.58. The minimum Gasteiger partial charge on any atom is -0.497 e. The Hall–Kier alpha value is -2.36. The molecule has 0 amide bonds. The van der Waals surface area contributed by atoms with E-state index in [0.717, 1.165) is 22.8 Å². The van der Waals surface area contributed by atoms with Gasteiger partial charge in [0.05, 0.1) is 12.8 Å². The quantitative estimate of drug-likeness (QED) is 0.788. The summed E-state index contributed by atoms with van der Waals surface area (Å²) in [6, 6.07) is 11.6. The van der Waals surface area contributed by atoms with E-state index in [1.807, 2.05) is 55.4 Å². The van der Waals surface area contributed by atoms with Gasteiger partial charge in [0.2, 0.25) is 0 Å². The zero-order valence-corrected chi connectivity index (χ0v) is 11.4. The Bertz CT molecular complexity index is 562. The number of hydrogen-bond acceptors (Lipinski definition) is 4. The monoisotopic (exact) mass is 255 g/mol. The van der Waals surface area contributed by atoms with Gasteiger partial charge in [-0.2, -0.15) is 0 Å². The average Bonchev–Trinajstić information content (AvgIpc) is 2.46. The van der Waals surface area contributed by atoms with Gasteiger partial charge in [0.1, 0.15) is 11.6 Å². The van der Waals surface area contributed by atoms with Crippen molar-refractivity contribution in [2.45, 2.75) is 0 Å². The van der Waals surface area contributed by atoms with E-state index in [1.54, 1.807) is 19.5 Å². The van der Waals surface area contributed by atoms with Crippen molar-refractivity contribution >= 4 is 17.7 Å². The van der Waals surface area contributed by atoms with E-state index in [0.29, 0.717) is 0 Å². The van der Waals surface area contributed by atoms with Crippen molar-refractivity contribution in [3.63, 3.8) is 0 Å². The molecule has 1 aromatic heterocycles. The smallest absolute Gasteiger partial charge is 0.127 e. The summed E-state index contributed by atoms with van der Waals surface area (Å²) in [5.74, 6) is 1.73. The number of benzene rings is 1. The second kappa shape index (κ2) is 6.00. The lowest BCUT2D eigenvalue weighted by atomic mass is 10.3. The molecule has 0 spiro atoms. The van der Waals surface area contributed by atoms with Crippen molar-refractivity contribution in [2.75, 3.05) is 26.1 Å². The Morgan fingerprint density at radius 1 is 1.21 bits per heavy atom. The maximum Gasteiger partial charge on any atom is 0.127 e. The third-order valence-corrected chi connectivity index (χ3v) is 2.64. The lowest BCUT2D eigenvalue weighted by molar-refractivity contribution is 0.415. The summed E-state index contributed by atoms with van der Waals surface area (Å²) in [5, 5.41) is 0.